The SMILES string of the molecule is CC(C)C(CN)C(=O)Nc1cc(Br)c(F)cc1F. The van der Waals surface area contributed by atoms with E-state index in [9.17, 15) is 13.6 Å². The predicted molar refractivity (Wildman–Crippen MR) is 70.1 cm³/mol. The molecule has 3 nitrogen and oxygen atoms in total. The van der Waals surface area contributed by atoms with E-state index in [-0.39, 0.29) is 28.5 Å². The van der Waals surface area contributed by atoms with Gasteiger partial charge < -0.3 is 11.1 Å². The molecule has 0 saturated carbocycles. The van der Waals surface area contributed by atoms with E-state index in [0.29, 0.717) is 6.07 Å². The molecule has 1 unspecified atom stereocenters. The van der Waals surface area contributed by atoms with Crippen LogP contribution in [0.4, 0.5) is 14.5 Å². The monoisotopic (exact) mass is 320 g/mol. The van der Waals surface area contributed by atoms with Crippen molar-refractivity contribution in [2.45, 2.75) is 13.8 Å². The van der Waals surface area contributed by atoms with Crippen molar-refractivity contribution < 1.29 is 13.6 Å². The van der Waals surface area contributed by atoms with Crippen molar-refractivity contribution in [3.8, 4) is 0 Å². The van der Waals surface area contributed by atoms with Gasteiger partial charge in [-0.3, -0.25) is 4.79 Å². The normalized spacial score (nSPS) is 12.6. The van der Waals surface area contributed by atoms with E-state index in [2.05, 4.69) is 21.2 Å². The third-order valence-corrected chi connectivity index (χ3v) is 3.27. The molecule has 1 aromatic rings. The summed E-state index contributed by atoms with van der Waals surface area (Å²) in [5, 5.41) is 2.42. The summed E-state index contributed by atoms with van der Waals surface area (Å²) >= 11 is 2.94. The number of hydrogen-bond acceptors (Lipinski definition) is 2. The van der Waals surface area contributed by atoms with E-state index in [0.717, 1.165) is 0 Å². The summed E-state index contributed by atoms with van der Waals surface area (Å²) < 4.78 is 26.6. The number of anilines is 1. The molecule has 1 rings (SSSR count). The zero-order valence-corrected chi connectivity index (χ0v) is 11.7. The van der Waals surface area contributed by atoms with E-state index >= 15 is 0 Å². The molecule has 1 amide bonds. The van der Waals surface area contributed by atoms with Crippen LogP contribution in [0.25, 0.3) is 0 Å². The Hall–Kier alpha value is -1.01. The molecule has 100 valence electrons. The average Bonchev–Trinajstić information content (AvgIpc) is 2.26. The Bertz CT molecular complexity index is 452. The van der Waals surface area contributed by atoms with Crippen LogP contribution in [0.15, 0.2) is 16.6 Å². The minimum absolute atomic E-state index is 0.0435. The number of nitrogens with one attached hydrogen (secondary N) is 1. The summed E-state index contributed by atoms with van der Waals surface area (Å²) in [6.07, 6.45) is 0. The van der Waals surface area contributed by atoms with Crippen molar-refractivity contribution in [1.29, 1.82) is 0 Å². The molecule has 1 aromatic carbocycles. The largest absolute Gasteiger partial charge is 0.330 e. The van der Waals surface area contributed by atoms with Gasteiger partial charge >= 0.3 is 0 Å². The summed E-state index contributed by atoms with van der Waals surface area (Å²) in [6, 6.07) is 1.91. The number of benzene rings is 1. The molecule has 18 heavy (non-hydrogen) atoms. The summed E-state index contributed by atoms with van der Waals surface area (Å²) in [7, 11) is 0. The summed E-state index contributed by atoms with van der Waals surface area (Å²) in [6.45, 7) is 3.88. The lowest BCUT2D eigenvalue weighted by molar-refractivity contribution is -0.120. The second-order valence-electron chi connectivity index (χ2n) is 4.32. The number of carbonyl (C=O) groups is 1. The topological polar surface area (TPSA) is 55.1 Å². The highest BCUT2D eigenvalue weighted by atomic mass is 79.9. The molecule has 0 aliphatic rings. The fourth-order valence-electron chi connectivity index (χ4n) is 1.53. The van der Waals surface area contributed by atoms with Gasteiger partial charge in [0.25, 0.3) is 0 Å². The van der Waals surface area contributed by atoms with Gasteiger partial charge in [-0.25, -0.2) is 8.78 Å². The van der Waals surface area contributed by atoms with E-state index < -0.39 is 17.6 Å². The number of rotatable bonds is 4. The Morgan fingerprint density at radius 1 is 1.39 bits per heavy atom. The molecule has 6 heteroatoms. The summed E-state index contributed by atoms with van der Waals surface area (Å²) in [4.78, 5) is 11.9. The zero-order chi connectivity index (χ0) is 13.9. The fraction of sp³-hybridized carbons (Fsp3) is 0.417. The minimum Gasteiger partial charge on any atom is -0.330 e. The van der Waals surface area contributed by atoms with Crippen LogP contribution in [0.5, 0.6) is 0 Å². The van der Waals surface area contributed by atoms with Gasteiger partial charge in [0.05, 0.1) is 16.1 Å². The van der Waals surface area contributed by atoms with E-state index in [1.54, 1.807) is 0 Å². The predicted octanol–water partition coefficient (Wildman–Crippen LogP) is 2.90. The highest BCUT2D eigenvalue weighted by Crippen LogP contribution is 2.24. The second-order valence-corrected chi connectivity index (χ2v) is 5.18. The molecule has 0 aromatic heterocycles. The molecule has 0 radical (unpaired) electrons. The molecular formula is C12H15BrF2N2O. The van der Waals surface area contributed by atoms with Gasteiger partial charge in [-0.05, 0) is 27.9 Å². The Morgan fingerprint density at radius 2 is 2.00 bits per heavy atom. The maximum atomic E-state index is 13.5. The highest BCUT2D eigenvalue weighted by Gasteiger charge is 2.21. The van der Waals surface area contributed by atoms with Crippen LogP contribution < -0.4 is 11.1 Å². The van der Waals surface area contributed by atoms with Gasteiger partial charge in [0.15, 0.2) is 0 Å². The van der Waals surface area contributed by atoms with E-state index in [1.165, 1.54) is 6.07 Å². The van der Waals surface area contributed by atoms with Crippen molar-refractivity contribution in [1.82, 2.24) is 0 Å². The van der Waals surface area contributed by atoms with Crippen molar-refractivity contribution in [3.63, 3.8) is 0 Å². The maximum absolute atomic E-state index is 13.5. The molecule has 0 saturated heterocycles. The van der Waals surface area contributed by atoms with Gasteiger partial charge in [-0.15, -0.1) is 0 Å². The van der Waals surface area contributed by atoms with Crippen molar-refractivity contribution >= 4 is 27.5 Å². The molecule has 3 N–H and O–H groups in total. The number of carbonyl (C=O) groups excluding carboxylic acids is 1. The Morgan fingerprint density at radius 3 is 2.50 bits per heavy atom. The van der Waals surface area contributed by atoms with E-state index in [1.807, 2.05) is 13.8 Å². The quantitative estimate of drug-likeness (QED) is 0.838. The molecule has 0 heterocycles. The van der Waals surface area contributed by atoms with Crippen LogP contribution >= 0.6 is 15.9 Å². The Labute approximate surface area is 113 Å². The lowest BCUT2D eigenvalue weighted by atomic mass is 9.95. The Balaban J connectivity index is 2.91. The number of hydrogen-bond donors (Lipinski definition) is 2. The smallest absolute Gasteiger partial charge is 0.229 e. The van der Waals surface area contributed by atoms with Crippen LogP contribution in [0.1, 0.15) is 13.8 Å². The molecule has 1 atom stereocenters. The minimum atomic E-state index is -0.816. The highest BCUT2D eigenvalue weighted by molar-refractivity contribution is 9.10. The first-order valence-corrected chi connectivity index (χ1v) is 6.31. The summed E-state index contributed by atoms with van der Waals surface area (Å²) in [5.74, 6) is -2.27. The van der Waals surface area contributed by atoms with Crippen molar-refractivity contribution in [3.05, 3.63) is 28.2 Å². The van der Waals surface area contributed by atoms with Crippen molar-refractivity contribution in [2.24, 2.45) is 17.6 Å². The average molecular weight is 321 g/mol. The molecule has 0 aliphatic heterocycles. The number of amides is 1. The van der Waals surface area contributed by atoms with E-state index in [4.69, 9.17) is 5.73 Å². The zero-order valence-electron chi connectivity index (χ0n) is 10.1. The Kier molecular flexibility index (Phi) is 5.22. The third kappa shape index (κ3) is 3.49. The van der Waals surface area contributed by atoms with Crippen LogP contribution in [-0.4, -0.2) is 12.5 Å². The van der Waals surface area contributed by atoms with Gasteiger partial charge in [-0.1, -0.05) is 13.8 Å². The first kappa shape index (κ1) is 15.0. The standard InChI is InChI=1S/C12H15BrF2N2O/c1-6(2)7(5-16)12(18)17-11-3-8(13)9(14)4-10(11)15/h3-4,6-7H,5,16H2,1-2H3,(H,17,18). The lowest BCUT2D eigenvalue weighted by Crippen LogP contribution is -2.33. The van der Waals surface area contributed by atoms with Crippen LogP contribution in [0.2, 0.25) is 0 Å². The molecule has 0 fully saturated rings. The van der Waals surface area contributed by atoms with Gasteiger partial charge in [0.2, 0.25) is 5.91 Å². The van der Waals surface area contributed by atoms with Gasteiger partial charge in [-0.2, -0.15) is 0 Å². The van der Waals surface area contributed by atoms with Crippen LogP contribution in [-0.2, 0) is 4.79 Å². The van der Waals surface area contributed by atoms with Gasteiger partial charge in [0.1, 0.15) is 11.6 Å². The molecule has 0 bridgehead atoms. The molecular weight excluding hydrogens is 306 g/mol. The van der Waals surface area contributed by atoms with Crippen LogP contribution in [0.3, 0.4) is 0 Å². The van der Waals surface area contributed by atoms with Gasteiger partial charge in [0, 0.05) is 12.6 Å². The van der Waals surface area contributed by atoms with Crippen LogP contribution in [0, 0.1) is 23.5 Å². The maximum Gasteiger partial charge on any atom is 0.229 e. The third-order valence-electron chi connectivity index (χ3n) is 2.66. The number of nitrogens with two attached hydrogens (primary N) is 1. The molecule has 0 spiro atoms. The first-order chi connectivity index (χ1) is 8.36. The first-order valence-electron chi connectivity index (χ1n) is 5.52. The molecule has 0 aliphatic carbocycles. The van der Waals surface area contributed by atoms with Crippen molar-refractivity contribution in [2.75, 3.05) is 11.9 Å². The second kappa shape index (κ2) is 6.24. The fourth-order valence-corrected chi connectivity index (χ4v) is 1.87. The number of halogens is 3. The lowest BCUT2D eigenvalue weighted by Gasteiger charge is -2.18. The summed E-state index contributed by atoms with van der Waals surface area (Å²) in [5.41, 5.74) is 5.43.